The van der Waals surface area contributed by atoms with Crippen LogP contribution in [0.25, 0.3) is 0 Å². The summed E-state index contributed by atoms with van der Waals surface area (Å²) in [4.78, 5) is 5.63. The minimum absolute atomic E-state index is 0.361. The van der Waals surface area contributed by atoms with Crippen LogP contribution in [0.1, 0.15) is 40.9 Å². The van der Waals surface area contributed by atoms with Crippen LogP contribution in [0.3, 0.4) is 0 Å². The molecule has 2 aromatic rings. The first-order valence-electron chi connectivity index (χ1n) is 6.42. The topological polar surface area (TPSA) is 24.9 Å². The molecule has 1 aromatic carbocycles. The Morgan fingerprint density at radius 2 is 2.00 bits per heavy atom. The average molecular weight is 260 g/mol. The number of benzene rings is 1. The minimum Gasteiger partial charge on any atom is -0.304 e. The van der Waals surface area contributed by atoms with Crippen molar-refractivity contribution in [2.75, 3.05) is 0 Å². The predicted molar refractivity (Wildman–Crippen MR) is 77.9 cm³/mol. The Labute approximate surface area is 113 Å². The van der Waals surface area contributed by atoms with Crippen molar-refractivity contribution in [1.29, 1.82) is 0 Å². The van der Waals surface area contributed by atoms with Crippen molar-refractivity contribution in [3.05, 3.63) is 51.5 Å². The normalized spacial score (nSPS) is 12.6. The van der Waals surface area contributed by atoms with Gasteiger partial charge < -0.3 is 5.32 Å². The quantitative estimate of drug-likeness (QED) is 0.883. The molecule has 0 radical (unpaired) electrons. The molecule has 0 aliphatic heterocycles. The van der Waals surface area contributed by atoms with Gasteiger partial charge in [-0.2, -0.15) is 0 Å². The molecule has 2 nitrogen and oxygen atoms in total. The summed E-state index contributed by atoms with van der Waals surface area (Å²) in [6.45, 7) is 7.31. The summed E-state index contributed by atoms with van der Waals surface area (Å²) in [5, 5.41) is 4.67. The molecule has 0 aliphatic carbocycles. The highest BCUT2D eigenvalue weighted by molar-refractivity contribution is 7.11. The highest BCUT2D eigenvalue weighted by Crippen LogP contribution is 2.16. The van der Waals surface area contributed by atoms with Gasteiger partial charge >= 0.3 is 0 Å². The van der Waals surface area contributed by atoms with Crippen LogP contribution in [-0.4, -0.2) is 4.98 Å². The van der Waals surface area contributed by atoms with Crippen LogP contribution in [0.4, 0.5) is 0 Å². The molecule has 0 fully saturated rings. The smallest absolute Gasteiger partial charge is 0.107 e. The van der Waals surface area contributed by atoms with Crippen LogP contribution >= 0.6 is 11.3 Å². The molecular weight excluding hydrogens is 240 g/mol. The molecule has 0 saturated heterocycles. The van der Waals surface area contributed by atoms with E-state index in [0.717, 1.165) is 18.0 Å². The van der Waals surface area contributed by atoms with E-state index in [9.17, 15) is 0 Å². The van der Waals surface area contributed by atoms with E-state index in [-0.39, 0.29) is 0 Å². The first-order chi connectivity index (χ1) is 8.69. The molecule has 0 spiro atoms. The molecule has 0 amide bonds. The van der Waals surface area contributed by atoms with Crippen molar-refractivity contribution in [2.45, 2.75) is 39.8 Å². The second-order valence-corrected chi connectivity index (χ2v) is 5.88. The third-order valence-corrected chi connectivity index (χ3v) is 4.03. The molecule has 3 heteroatoms. The summed E-state index contributed by atoms with van der Waals surface area (Å²) in [7, 11) is 0. The fourth-order valence-corrected chi connectivity index (χ4v) is 2.62. The Hall–Kier alpha value is -1.19. The van der Waals surface area contributed by atoms with Crippen molar-refractivity contribution in [3.8, 4) is 0 Å². The Kier molecular flexibility index (Phi) is 4.50. The lowest BCUT2D eigenvalue weighted by Crippen LogP contribution is -2.17. The summed E-state index contributed by atoms with van der Waals surface area (Å²) in [6, 6.07) is 9.20. The summed E-state index contributed by atoms with van der Waals surface area (Å²) in [6.07, 6.45) is 3.03. The lowest BCUT2D eigenvalue weighted by atomic mass is 10.1. The van der Waals surface area contributed by atoms with Crippen LogP contribution < -0.4 is 5.32 Å². The molecular formula is C15H20N2S. The largest absolute Gasteiger partial charge is 0.304 e. The Balaban J connectivity index is 1.92. The number of nitrogens with zero attached hydrogens (tertiary/aromatic N) is 1. The number of aryl methyl sites for hydroxylation is 2. The third-order valence-electron chi connectivity index (χ3n) is 3.12. The van der Waals surface area contributed by atoms with Crippen LogP contribution in [0.5, 0.6) is 0 Å². The molecule has 1 heterocycles. The van der Waals surface area contributed by atoms with Gasteiger partial charge in [-0.15, -0.1) is 11.3 Å². The zero-order valence-corrected chi connectivity index (χ0v) is 12.1. The SMILES string of the molecule is CCc1ccc(C(C)NCc2ncc(C)s2)cc1. The average Bonchev–Trinajstić information content (AvgIpc) is 2.82. The molecule has 96 valence electrons. The molecule has 18 heavy (non-hydrogen) atoms. The standard InChI is InChI=1S/C15H20N2S/c1-4-13-5-7-14(8-6-13)12(3)16-10-15-17-9-11(2)18-15/h5-9,12,16H,4,10H2,1-3H3. The first-order valence-corrected chi connectivity index (χ1v) is 7.24. The van der Waals surface area contributed by atoms with Crippen LogP contribution in [-0.2, 0) is 13.0 Å². The highest BCUT2D eigenvalue weighted by Gasteiger charge is 2.06. The molecule has 0 bridgehead atoms. The maximum absolute atomic E-state index is 4.36. The van der Waals surface area contributed by atoms with E-state index in [0.29, 0.717) is 6.04 Å². The molecule has 0 saturated carbocycles. The monoisotopic (exact) mass is 260 g/mol. The van der Waals surface area contributed by atoms with E-state index in [1.807, 2.05) is 6.20 Å². The number of thiazole rings is 1. The van der Waals surface area contributed by atoms with Gasteiger partial charge in [-0.05, 0) is 31.4 Å². The number of aromatic nitrogens is 1. The van der Waals surface area contributed by atoms with Gasteiger partial charge in [0.1, 0.15) is 5.01 Å². The van der Waals surface area contributed by atoms with E-state index in [1.165, 1.54) is 16.0 Å². The number of rotatable bonds is 5. The van der Waals surface area contributed by atoms with Gasteiger partial charge in [0.2, 0.25) is 0 Å². The van der Waals surface area contributed by atoms with Gasteiger partial charge in [0, 0.05) is 23.7 Å². The summed E-state index contributed by atoms with van der Waals surface area (Å²) in [5.41, 5.74) is 2.72. The van der Waals surface area contributed by atoms with Crippen LogP contribution in [0.15, 0.2) is 30.5 Å². The summed E-state index contributed by atoms with van der Waals surface area (Å²) in [5.74, 6) is 0. The van der Waals surface area contributed by atoms with Crippen LogP contribution in [0, 0.1) is 6.92 Å². The molecule has 1 unspecified atom stereocenters. The van der Waals surface area contributed by atoms with Gasteiger partial charge in [-0.25, -0.2) is 4.98 Å². The van der Waals surface area contributed by atoms with E-state index < -0.39 is 0 Å². The first kappa shape index (κ1) is 13.2. The molecule has 1 aromatic heterocycles. The van der Waals surface area contributed by atoms with Crippen molar-refractivity contribution in [1.82, 2.24) is 10.3 Å². The Morgan fingerprint density at radius 3 is 2.56 bits per heavy atom. The molecule has 1 N–H and O–H groups in total. The molecule has 0 aliphatic rings. The number of nitrogens with one attached hydrogen (secondary N) is 1. The fourth-order valence-electron chi connectivity index (χ4n) is 1.88. The summed E-state index contributed by atoms with van der Waals surface area (Å²) >= 11 is 1.76. The maximum atomic E-state index is 4.36. The van der Waals surface area contributed by atoms with E-state index >= 15 is 0 Å². The lowest BCUT2D eigenvalue weighted by Gasteiger charge is -2.13. The second kappa shape index (κ2) is 6.12. The van der Waals surface area contributed by atoms with Gasteiger partial charge in [0.05, 0.1) is 0 Å². The van der Waals surface area contributed by atoms with Gasteiger partial charge in [0.15, 0.2) is 0 Å². The molecule has 1 atom stereocenters. The van der Waals surface area contributed by atoms with E-state index in [2.05, 4.69) is 55.3 Å². The van der Waals surface area contributed by atoms with E-state index in [4.69, 9.17) is 0 Å². The minimum atomic E-state index is 0.361. The number of hydrogen-bond acceptors (Lipinski definition) is 3. The lowest BCUT2D eigenvalue weighted by molar-refractivity contribution is 0.573. The Morgan fingerprint density at radius 1 is 1.28 bits per heavy atom. The predicted octanol–water partition coefficient (Wildman–Crippen LogP) is 3.86. The van der Waals surface area contributed by atoms with Gasteiger partial charge in [-0.3, -0.25) is 0 Å². The third kappa shape index (κ3) is 3.40. The zero-order chi connectivity index (χ0) is 13.0. The van der Waals surface area contributed by atoms with Crippen molar-refractivity contribution in [2.24, 2.45) is 0 Å². The maximum Gasteiger partial charge on any atom is 0.107 e. The van der Waals surface area contributed by atoms with Crippen molar-refractivity contribution >= 4 is 11.3 Å². The van der Waals surface area contributed by atoms with Crippen molar-refractivity contribution < 1.29 is 0 Å². The summed E-state index contributed by atoms with van der Waals surface area (Å²) < 4.78 is 0. The van der Waals surface area contributed by atoms with Gasteiger partial charge in [0.25, 0.3) is 0 Å². The highest BCUT2D eigenvalue weighted by atomic mass is 32.1. The second-order valence-electron chi connectivity index (χ2n) is 4.56. The van der Waals surface area contributed by atoms with Crippen molar-refractivity contribution in [3.63, 3.8) is 0 Å². The number of hydrogen-bond donors (Lipinski definition) is 1. The van der Waals surface area contributed by atoms with Crippen LogP contribution in [0.2, 0.25) is 0 Å². The molecule has 2 rings (SSSR count). The van der Waals surface area contributed by atoms with E-state index in [1.54, 1.807) is 11.3 Å². The zero-order valence-electron chi connectivity index (χ0n) is 11.2. The van der Waals surface area contributed by atoms with Gasteiger partial charge in [-0.1, -0.05) is 31.2 Å². The Bertz CT molecular complexity index is 487. The fraction of sp³-hybridized carbons (Fsp3) is 0.400.